The van der Waals surface area contributed by atoms with Crippen LogP contribution in [0, 0.1) is 6.92 Å². The summed E-state index contributed by atoms with van der Waals surface area (Å²) in [5.74, 6) is 0.455. The third kappa shape index (κ3) is 2.04. The maximum atomic E-state index is 6.01. The molecule has 1 unspecified atom stereocenters. The average molecular weight is 313 g/mol. The van der Waals surface area contributed by atoms with Gasteiger partial charge in [0.25, 0.3) is 0 Å². The minimum absolute atomic E-state index is 0.455. The van der Waals surface area contributed by atoms with Gasteiger partial charge in [0.2, 0.25) is 11.7 Å². The molecular weight excluding hydrogens is 294 g/mol. The van der Waals surface area contributed by atoms with Gasteiger partial charge in [-0.05, 0) is 31.4 Å². The molecule has 2 heterocycles. The second-order valence-corrected chi connectivity index (χ2v) is 7.15. The van der Waals surface area contributed by atoms with Crippen molar-refractivity contribution >= 4 is 17.3 Å². The molecule has 0 bridgehead atoms. The quantitative estimate of drug-likeness (QED) is 0.878. The van der Waals surface area contributed by atoms with E-state index < -0.39 is 5.72 Å². The van der Waals surface area contributed by atoms with E-state index in [0.717, 1.165) is 19.3 Å². The molecule has 1 spiro atoms. The van der Waals surface area contributed by atoms with E-state index in [1.54, 1.807) is 5.06 Å². The van der Waals surface area contributed by atoms with Crippen LogP contribution >= 0.6 is 11.3 Å². The Morgan fingerprint density at radius 2 is 2.23 bits per heavy atom. The Morgan fingerprint density at radius 3 is 2.95 bits per heavy atom. The molecule has 4 nitrogen and oxygen atoms in total. The molecule has 1 aliphatic heterocycles. The second kappa shape index (κ2) is 4.83. The van der Waals surface area contributed by atoms with Crippen molar-refractivity contribution in [1.82, 2.24) is 5.06 Å². The van der Waals surface area contributed by atoms with Crippen LogP contribution in [-0.4, -0.2) is 18.1 Å². The number of thiophene rings is 1. The van der Waals surface area contributed by atoms with Gasteiger partial charge in [-0.15, -0.1) is 11.3 Å². The lowest BCUT2D eigenvalue weighted by Gasteiger charge is -2.29. The SMILES string of the molecule is Cc1cccc(-c2cc3c(s2)CCCC32N=C(N)N(C)O2)c1. The zero-order chi connectivity index (χ0) is 15.3. The Bertz CT molecular complexity index is 767. The van der Waals surface area contributed by atoms with Gasteiger partial charge >= 0.3 is 0 Å². The van der Waals surface area contributed by atoms with Gasteiger partial charge < -0.3 is 5.73 Å². The zero-order valence-corrected chi connectivity index (χ0v) is 13.6. The first-order valence-corrected chi connectivity index (χ1v) is 8.37. The summed E-state index contributed by atoms with van der Waals surface area (Å²) in [6, 6.07) is 10.9. The lowest BCUT2D eigenvalue weighted by Crippen LogP contribution is -2.33. The predicted molar refractivity (Wildman–Crippen MR) is 89.6 cm³/mol. The molecule has 4 rings (SSSR count). The zero-order valence-electron chi connectivity index (χ0n) is 12.8. The number of fused-ring (bicyclic) bond motifs is 2. The highest BCUT2D eigenvalue weighted by Crippen LogP contribution is 2.47. The van der Waals surface area contributed by atoms with Gasteiger partial charge in [-0.2, -0.15) is 0 Å². The summed E-state index contributed by atoms with van der Waals surface area (Å²) in [5.41, 5.74) is 9.05. The average Bonchev–Trinajstić information content (AvgIpc) is 3.03. The fraction of sp³-hybridized carbons (Fsp3) is 0.353. The summed E-state index contributed by atoms with van der Waals surface area (Å²) in [6.45, 7) is 2.12. The van der Waals surface area contributed by atoms with Crippen molar-refractivity contribution in [3.05, 3.63) is 46.3 Å². The first kappa shape index (κ1) is 13.8. The molecule has 0 amide bonds. The first-order chi connectivity index (χ1) is 10.6. The molecule has 1 aromatic heterocycles. The number of guanidine groups is 1. The molecule has 2 aromatic rings. The predicted octanol–water partition coefficient (Wildman–Crippen LogP) is 3.40. The number of aliphatic imine (C=N–C) groups is 1. The first-order valence-electron chi connectivity index (χ1n) is 7.56. The molecule has 2 N–H and O–H groups in total. The lowest BCUT2D eigenvalue weighted by molar-refractivity contribution is -0.178. The monoisotopic (exact) mass is 313 g/mol. The van der Waals surface area contributed by atoms with Crippen molar-refractivity contribution in [3.63, 3.8) is 0 Å². The normalized spacial score (nSPS) is 23.7. The largest absolute Gasteiger partial charge is 0.368 e. The molecule has 114 valence electrons. The van der Waals surface area contributed by atoms with E-state index >= 15 is 0 Å². The van der Waals surface area contributed by atoms with Crippen LogP contribution in [-0.2, 0) is 17.0 Å². The Morgan fingerprint density at radius 1 is 1.36 bits per heavy atom. The highest BCUT2D eigenvalue weighted by atomic mass is 32.1. The number of hydroxylamine groups is 2. The Balaban J connectivity index is 1.81. The number of nitrogens with two attached hydrogens (primary N) is 1. The molecule has 0 radical (unpaired) electrons. The summed E-state index contributed by atoms with van der Waals surface area (Å²) < 4.78 is 0. The van der Waals surface area contributed by atoms with Crippen molar-refractivity contribution in [3.8, 4) is 10.4 Å². The van der Waals surface area contributed by atoms with E-state index in [4.69, 9.17) is 10.6 Å². The van der Waals surface area contributed by atoms with Crippen LogP contribution in [0.4, 0.5) is 0 Å². The standard InChI is InChI=1S/C17H19N3OS/c1-11-5-3-6-12(9-11)15-10-13-14(22-15)7-4-8-17(13)19-16(18)20(2)21-17/h3,5-6,9-10H,4,7-8H2,1-2H3,(H2,18,19). The van der Waals surface area contributed by atoms with Crippen molar-refractivity contribution in [2.75, 3.05) is 7.05 Å². The van der Waals surface area contributed by atoms with Gasteiger partial charge in [-0.1, -0.05) is 29.8 Å². The van der Waals surface area contributed by atoms with E-state index in [1.807, 2.05) is 18.4 Å². The number of nitrogens with zero attached hydrogens (tertiary/aromatic N) is 2. The highest BCUT2D eigenvalue weighted by molar-refractivity contribution is 7.15. The van der Waals surface area contributed by atoms with E-state index in [9.17, 15) is 0 Å². The van der Waals surface area contributed by atoms with Crippen LogP contribution in [0.1, 0.15) is 28.8 Å². The maximum Gasteiger partial charge on any atom is 0.218 e. The second-order valence-electron chi connectivity index (χ2n) is 6.01. The van der Waals surface area contributed by atoms with Crippen LogP contribution < -0.4 is 5.73 Å². The number of benzene rings is 1. The number of rotatable bonds is 1. The molecule has 0 saturated carbocycles. The number of hydrogen-bond donors (Lipinski definition) is 1. The number of hydrogen-bond acceptors (Lipinski definition) is 5. The van der Waals surface area contributed by atoms with Crippen molar-refractivity contribution in [1.29, 1.82) is 0 Å². The van der Waals surface area contributed by atoms with Crippen LogP contribution in [0.3, 0.4) is 0 Å². The number of aryl methyl sites for hydroxylation is 2. The van der Waals surface area contributed by atoms with E-state index in [-0.39, 0.29) is 0 Å². The van der Waals surface area contributed by atoms with Crippen LogP contribution in [0.2, 0.25) is 0 Å². The van der Waals surface area contributed by atoms with Gasteiger partial charge in [0.05, 0.1) is 0 Å². The van der Waals surface area contributed by atoms with Gasteiger partial charge in [-0.3, -0.25) is 0 Å². The van der Waals surface area contributed by atoms with Crippen LogP contribution in [0.15, 0.2) is 35.3 Å². The Kier molecular flexibility index (Phi) is 3.03. The van der Waals surface area contributed by atoms with Crippen LogP contribution in [0.25, 0.3) is 10.4 Å². The van der Waals surface area contributed by atoms with Gasteiger partial charge in [0.15, 0.2) is 0 Å². The Hall–Kier alpha value is -1.85. The fourth-order valence-corrected chi connectivity index (χ4v) is 4.53. The maximum absolute atomic E-state index is 6.01. The molecule has 0 fully saturated rings. The molecule has 5 heteroatoms. The highest BCUT2D eigenvalue weighted by Gasteiger charge is 2.45. The molecule has 1 aliphatic carbocycles. The van der Waals surface area contributed by atoms with Crippen LogP contribution in [0.5, 0.6) is 0 Å². The molecular formula is C17H19N3OS. The van der Waals surface area contributed by atoms with Crippen molar-refractivity contribution < 1.29 is 4.84 Å². The van der Waals surface area contributed by atoms with Crippen molar-refractivity contribution in [2.45, 2.75) is 31.9 Å². The lowest BCUT2D eigenvalue weighted by atomic mass is 9.90. The summed E-state index contributed by atoms with van der Waals surface area (Å²) in [4.78, 5) is 13.3. The fourth-order valence-electron chi connectivity index (χ4n) is 3.27. The van der Waals surface area contributed by atoms with E-state index in [2.05, 4.69) is 42.2 Å². The van der Waals surface area contributed by atoms with Gasteiger partial charge in [0.1, 0.15) is 0 Å². The summed E-state index contributed by atoms with van der Waals surface area (Å²) >= 11 is 1.85. The topological polar surface area (TPSA) is 50.8 Å². The minimum Gasteiger partial charge on any atom is -0.368 e. The van der Waals surface area contributed by atoms with Crippen molar-refractivity contribution in [2.24, 2.45) is 10.7 Å². The molecule has 1 aromatic carbocycles. The Labute approximate surface area is 134 Å². The molecule has 1 atom stereocenters. The molecule has 2 aliphatic rings. The van der Waals surface area contributed by atoms with E-state index in [0.29, 0.717) is 5.96 Å². The van der Waals surface area contributed by atoms with Gasteiger partial charge in [0, 0.05) is 28.8 Å². The third-order valence-corrected chi connectivity index (χ3v) is 5.60. The summed E-state index contributed by atoms with van der Waals surface area (Å²) in [6.07, 6.45) is 3.05. The summed E-state index contributed by atoms with van der Waals surface area (Å²) in [5, 5.41) is 1.58. The van der Waals surface area contributed by atoms with E-state index in [1.165, 1.54) is 26.4 Å². The molecule has 0 saturated heterocycles. The minimum atomic E-state index is -0.606. The molecule has 22 heavy (non-hydrogen) atoms. The van der Waals surface area contributed by atoms with Gasteiger partial charge in [-0.25, -0.2) is 14.9 Å². The third-order valence-electron chi connectivity index (χ3n) is 4.36. The smallest absolute Gasteiger partial charge is 0.218 e. The summed E-state index contributed by atoms with van der Waals surface area (Å²) in [7, 11) is 1.82.